The molecule has 1 fully saturated rings. The molecule has 2 aromatic carbocycles. The van der Waals surface area contributed by atoms with Gasteiger partial charge in [0.25, 0.3) is 5.91 Å². The lowest BCUT2D eigenvalue weighted by Gasteiger charge is -2.30. The van der Waals surface area contributed by atoms with Crippen LogP contribution >= 0.6 is 12.2 Å². The van der Waals surface area contributed by atoms with Crippen molar-refractivity contribution < 1.29 is 18.0 Å². The van der Waals surface area contributed by atoms with Crippen LogP contribution in [0.5, 0.6) is 0 Å². The number of anilines is 2. The van der Waals surface area contributed by atoms with Crippen LogP contribution in [0, 0.1) is 6.57 Å². The molecule has 0 spiro atoms. The van der Waals surface area contributed by atoms with Gasteiger partial charge >= 0.3 is 6.18 Å². The van der Waals surface area contributed by atoms with Crippen molar-refractivity contribution in [1.29, 1.82) is 0 Å². The molecule has 0 radical (unpaired) electrons. The van der Waals surface area contributed by atoms with Crippen molar-refractivity contribution in [3.63, 3.8) is 0 Å². The maximum Gasteiger partial charge on any atom is 0.407 e. The first-order valence-corrected chi connectivity index (χ1v) is 9.98. The predicted molar refractivity (Wildman–Crippen MR) is 119 cm³/mol. The number of hydrogen-bond donors (Lipinski definition) is 0. The van der Waals surface area contributed by atoms with E-state index < -0.39 is 28.9 Å². The zero-order valence-corrected chi connectivity index (χ0v) is 18.6. The highest BCUT2D eigenvalue weighted by Gasteiger charge is 2.50. The van der Waals surface area contributed by atoms with Crippen LogP contribution < -0.4 is 9.80 Å². The lowest BCUT2D eigenvalue weighted by molar-refractivity contribution is -0.136. The first-order chi connectivity index (χ1) is 14.2. The van der Waals surface area contributed by atoms with Crippen molar-refractivity contribution in [2.24, 2.45) is 0 Å². The Bertz CT molecular complexity index is 1090. The Balaban J connectivity index is 2.07. The van der Waals surface area contributed by atoms with E-state index in [2.05, 4.69) is 25.6 Å². The summed E-state index contributed by atoms with van der Waals surface area (Å²) in [6, 6.07) is 10.8. The molecule has 1 saturated heterocycles. The summed E-state index contributed by atoms with van der Waals surface area (Å²) in [6.07, 6.45) is -4.72. The van der Waals surface area contributed by atoms with E-state index in [0.29, 0.717) is 5.69 Å². The summed E-state index contributed by atoms with van der Waals surface area (Å²) in [5.41, 5.74) is -1.02. The van der Waals surface area contributed by atoms with Gasteiger partial charge in [0.05, 0.1) is 12.1 Å². The number of benzene rings is 2. The van der Waals surface area contributed by atoms with E-state index >= 15 is 0 Å². The lowest BCUT2D eigenvalue weighted by Crippen LogP contribution is -2.44. The van der Waals surface area contributed by atoms with Gasteiger partial charge in [-0.15, -0.1) is 0 Å². The molecule has 1 amide bonds. The molecule has 2 aromatic rings. The highest BCUT2D eigenvalue weighted by atomic mass is 32.1. The Kier molecular flexibility index (Phi) is 5.39. The molecule has 0 N–H and O–H groups in total. The van der Waals surface area contributed by atoms with E-state index in [1.807, 2.05) is 24.3 Å². The maximum atomic E-state index is 13.4. The molecule has 1 aliphatic rings. The van der Waals surface area contributed by atoms with Crippen LogP contribution in [-0.2, 0) is 16.4 Å². The van der Waals surface area contributed by atoms with Gasteiger partial charge < -0.3 is 4.90 Å². The smallest absolute Gasteiger partial charge is 0.304 e. The van der Waals surface area contributed by atoms with E-state index in [0.717, 1.165) is 22.6 Å². The number of nitrogens with zero attached hydrogens (tertiary/aromatic N) is 3. The zero-order chi connectivity index (χ0) is 23.4. The molecule has 1 heterocycles. The minimum absolute atomic E-state index is 0.0170. The minimum atomic E-state index is -4.72. The third-order valence-corrected chi connectivity index (χ3v) is 5.69. The van der Waals surface area contributed by atoms with Crippen LogP contribution in [0.1, 0.15) is 45.7 Å². The lowest BCUT2D eigenvalue weighted by atomic mass is 9.87. The average Bonchev–Trinajstić information content (AvgIpc) is 2.84. The fourth-order valence-electron chi connectivity index (χ4n) is 3.55. The molecule has 0 aliphatic carbocycles. The minimum Gasteiger partial charge on any atom is -0.304 e. The molecule has 0 unspecified atom stereocenters. The first kappa shape index (κ1) is 22.8. The summed E-state index contributed by atoms with van der Waals surface area (Å²) < 4.78 is 40.3. The quantitative estimate of drug-likeness (QED) is 0.392. The Morgan fingerprint density at radius 3 is 2.03 bits per heavy atom. The second-order valence-corrected chi connectivity index (χ2v) is 9.29. The van der Waals surface area contributed by atoms with Crippen LogP contribution in [0.25, 0.3) is 4.85 Å². The van der Waals surface area contributed by atoms with Crippen LogP contribution in [0.3, 0.4) is 0 Å². The van der Waals surface area contributed by atoms with Crippen molar-refractivity contribution in [2.75, 3.05) is 9.80 Å². The summed E-state index contributed by atoms with van der Waals surface area (Å²) in [5, 5.41) is 0.0854. The van der Waals surface area contributed by atoms with Gasteiger partial charge in [-0.25, -0.2) is 4.85 Å². The van der Waals surface area contributed by atoms with Gasteiger partial charge in [-0.3, -0.25) is 9.69 Å². The van der Waals surface area contributed by atoms with E-state index in [1.54, 1.807) is 18.7 Å². The third-order valence-electron chi connectivity index (χ3n) is 5.32. The number of thiocarbonyl (C=S) groups is 1. The molecule has 8 heteroatoms. The van der Waals surface area contributed by atoms with E-state index in [-0.39, 0.29) is 16.2 Å². The molecule has 162 valence electrons. The van der Waals surface area contributed by atoms with Crippen molar-refractivity contribution >= 4 is 40.3 Å². The third kappa shape index (κ3) is 3.90. The number of alkyl halides is 3. The maximum absolute atomic E-state index is 13.4. The topological polar surface area (TPSA) is 27.9 Å². The van der Waals surface area contributed by atoms with Gasteiger partial charge in [-0.2, -0.15) is 13.2 Å². The van der Waals surface area contributed by atoms with Gasteiger partial charge in [0.2, 0.25) is 0 Å². The van der Waals surface area contributed by atoms with Crippen LogP contribution in [0.2, 0.25) is 0 Å². The van der Waals surface area contributed by atoms with Gasteiger partial charge in [0, 0.05) is 11.4 Å². The largest absolute Gasteiger partial charge is 0.407 e. The summed E-state index contributed by atoms with van der Waals surface area (Å²) in [6.45, 7) is 16.6. The number of carbonyl (C=O) groups is 1. The van der Waals surface area contributed by atoms with Crippen LogP contribution in [-0.4, -0.2) is 16.6 Å². The van der Waals surface area contributed by atoms with Crippen LogP contribution in [0.4, 0.5) is 30.2 Å². The molecule has 31 heavy (non-hydrogen) atoms. The second kappa shape index (κ2) is 7.34. The summed E-state index contributed by atoms with van der Waals surface area (Å²) >= 11 is 5.55. The fraction of sp³-hybridized carbons (Fsp3) is 0.348. The van der Waals surface area contributed by atoms with Crippen molar-refractivity contribution in [2.45, 2.75) is 51.7 Å². The number of rotatable bonds is 2. The Labute approximate surface area is 185 Å². The summed E-state index contributed by atoms with van der Waals surface area (Å²) in [5.74, 6) is -0.443. The predicted octanol–water partition coefficient (Wildman–Crippen LogP) is 6.47. The molecular weight excluding hydrogens is 423 g/mol. The highest BCUT2D eigenvalue weighted by molar-refractivity contribution is 7.81. The van der Waals surface area contributed by atoms with E-state index in [1.165, 1.54) is 6.07 Å². The van der Waals surface area contributed by atoms with Gasteiger partial charge in [-0.05, 0) is 61.3 Å². The van der Waals surface area contributed by atoms with Crippen molar-refractivity contribution in [1.82, 2.24) is 0 Å². The Morgan fingerprint density at radius 2 is 1.55 bits per heavy atom. The zero-order valence-electron chi connectivity index (χ0n) is 17.8. The Hall–Kier alpha value is -2.92. The van der Waals surface area contributed by atoms with E-state index in [4.69, 9.17) is 18.8 Å². The molecule has 0 atom stereocenters. The first-order valence-electron chi connectivity index (χ1n) is 9.57. The van der Waals surface area contributed by atoms with Gasteiger partial charge in [0.1, 0.15) is 5.54 Å². The molecule has 0 aromatic heterocycles. The van der Waals surface area contributed by atoms with E-state index in [9.17, 15) is 18.0 Å². The van der Waals surface area contributed by atoms with Gasteiger partial charge in [-0.1, -0.05) is 39.0 Å². The summed E-state index contributed by atoms with van der Waals surface area (Å²) in [4.78, 5) is 18.9. The number of halogens is 3. The molecule has 3 rings (SSSR count). The van der Waals surface area contributed by atoms with Crippen LogP contribution in [0.15, 0.2) is 42.5 Å². The second-order valence-electron chi connectivity index (χ2n) is 8.93. The number of amides is 1. The number of carbonyl (C=O) groups excluding carboxylic acids is 1. The summed E-state index contributed by atoms with van der Waals surface area (Å²) in [7, 11) is 0. The normalized spacial score (nSPS) is 16.6. The standard InChI is InChI=1S/C23H22F3N3OS/c1-21(2,3)14-7-9-15(10-8-14)29-20(31)28(19(30)22(29,4)5)16-11-12-18(27-6)17(13-16)23(24,25)26/h7-13H,1-5H3. The number of hydrogen-bond acceptors (Lipinski definition) is 2. The molecule has 1 aliphatic heterocycles. The fourth-order valence-corrected chi connectivity index (χ4v) is 4.08. The monoisotopic (exact) mass is 445 g/mol. The Morgan fingerprint density at radius 1 is 1.00 bits per heavy atom. The molecule has 4 nitrogen and oxygen atoms in total. The highest BCUT2D eigenvalue weighted by Crippen LogP contribution is 2.42. The molecular formula is C23H22F3N3OS. The molecule has 0 bridgehead atoms. The molecule has 0 saturated carbocycles. The van der Waals surface area contributed by atoms with Crippen molar-refractivity contribution in [3.8, 4) is 0 Å². The van der Waals surface area contributed by atoms with Gasteiger partial charge in [0.15, 0.2) is 10.8 Å². The SMILES string of the molecule is [C-]#[N+]c1ccc(N2C(=O)C(C)(C)N(c3ccc(C(C)(C)C)cc3)C2=S)cc1C(F)(F)F. The van der Waals surface area contributed by atoms with Crippen molar-refractivity contribution in [3.05, 3.63) is 65.0 Å². The average molecular weight is 446 g/mol.